The lowest BCUT2D eigenvalue weighted by atomic mass is 9.45. The molecule has 1 aromatic carbocycles. The Labute approximate surface area is 316 Å². The lowest BCUT2D eigenvalue weighted by Crippen LogP contribution is -2.62. The van der Waals surface area contributed by atoms with Crippen LogP contribution in [-0.2, 0) is 44.7 Å². The number of nitrogens with one attached hydrogen (secondary N) is 2. The van der Waals surface area contributed by atoms with E-state index in [1.807, 2.05) is 6.92 Å². The Morgan fingerprint density at radius 2 is 1.67 bits per heavy atom. The standard InChI is InChI=1S/C41H56N2O11/c1-6-53-38(51)30(19-24-7-10-26(44)11-8-24)42-37(50)36(23(2)3)43-33(48)13-14-34(49)54-22-32(47)41(52)18-16-29-28-12-9-25-20-27(45)15-17-39(25,4)35(28)31(46)21-40(29,41)5/h7-8,10-11,20,23,28-31,35-36,44,46,52H,6,9,12-19,21-22H2,1-5H3,(H,42,50)(H,43,48)/t28-,29+,30-,31-,35+,36+,39-,40-,41-/m0/s1. The summed E-state index contributed by atoms with van der Waals surface area (Å²) in [7, 11) is 0. The number of aliphatic hydroxyl groups excluding tert-OH is 1. The van der Waals surface area contributed by atoms with E-state index in [-0.39, 0.29) is 79.3 Å². The molecule has 3 fully saturated rings. The minimum absolute atomic E-state index is 0.0262. The summed E-state index contributed by atoms with van der Waals surface area (Å²) >= 11 is 0. The van der Waals surface area contributed by atoms with E-state index in [2.05, 4.69) is 17.6 Å². The number of Topliss-reactive ketones (excluding diaryl/α,β-unsaturated/α-hetero) is 1. The molecule has 0 aromatic heterocycles. The number of hydrogen-bond acceptors (Lipinski definition) is 11. The van der Waals surface area contributed by atoms with Crippen LogP contribution < -0.4 is 10.6 Å². The topological polar surface area (TPSA) is 206 Å². The van der Waals surface area contributed by atoms with Gasteiger partial charge >= 0.3 is 11.9 Å². The summed E-state index contributed by atoms with van der Waals surface area (Å²) in [4.78, 5) is 77.5. The monoisotopic (exact) mass is 752 g/mol. The number of ketones is 2. The first-order valence-corrected chi connectivity index (χ1v) is 19.3. The number of allylic oxidation sites excluding steroid dienone is 1. The van der Waals surface area contributed by atoms with Crippen molar-refractivity contribution in [3.63, 3.8) is 0 Å². The number of phenols is 1. The zero-order valence-corrected chi connectivity index (χ0v) is 32.0. The molecule has 13 nitrogen and oxygen atoms in total. The van der Waals surface area contributed by atoms with Crippen molar-refractivity contribution in [2.45, 2.75) is 123 Å². The van der Waals surface area contributed by atoms with E-state index in [1.165, 1.54) is 12.1 Å². The van der Waals surface area contributed by atoms with Gasteiger partial charge in [-0.05, 0) is 98.3 Å². The van der Waals surface area contributed by atoms with Crippen molar-refractivity contribution in [1.82, 2.24) is 10.6 Å². The van der Waals surface area contributed by atoms with Gasteiger partial charge in [-0.25, -0.2) is 4.79 Å². The number of ether oxygens (including phenoxy) is 2. The van der Waals surface area contributed by atoms with E-state index in [0.29, 0.717) is 24.8 Å². The van der Waals surface area contributed by atoms with Crippen LogP contribution >= 0.6 is 0 Å². The second-order valence-corrected chi connectivity index (χ2v) is 16.5. The molecule has 296 valence electrons. The van der Waals surface area contributed by atoms with E-state index in [0.717, 1.165) is 18.4 Å². The van der Waals surface area contributed by atoms with Crippen LogP contribution in [0.4, 0.5) is 0 Å². The number of esters is 2. The first kappa shape index (κ1) is 41.1. The van der Waals surface area contributed by atoms with E-state index < -0.39 is 65.3 Å². The van der Waals surface area contributed by atoms with Crippen molar-refractivity contribution < 1.29 is 53.6 Å². The van der Waals surface area contributed by atoms with Crippen molar-refractivity contribution in [3.05, 3.63) is 41.5 Å². The molecule has 0 radical (unpaired) electrons. The third kappa shape index (κ3) is 8.12. The van der Waals surface area contributed by atoms with Gasteiger partial charge in [-0.1, -0.05) is 45.4 Å². The SMILES string of the molecule is CCOC(=O)[C@H](Cc1ccc(O)cc1)NC(=O)[C@H](NC(=O)CCC(=O)OCC(=O)[C@@]1(O)CC[C@@H]2[C@@H]3CCC4=CC(=O)CC[C@]4(C)[C@H]3[C@@H](O)C[C@@]21C)C(C)C. The number of aliphatic hydroxyl groups is 2. The average Bonchev–Trinajstić information content (AvgIpc) is 3.39. The summed E-state index contributed by atoms with van der Waals surface area (Å²) in [6, 6.07) is 4.06. The molecule has 4 aliphatic carbocycles. The number of hydrogen-bond donors (Lipinski definition) is 5. The molecule has 5 rings (SSSR count). The highest BCUT2D eigenvalue weighted by atomic mass is 16.5. The third-order valence-electron chi connectivity index (χ3n) is 13.0. The predicted molar refractivity (Wildman–Crippen MR) is 195 cm³/mol. The van der Waals surface area contributed by atoms with Crippen LogP contribution in [0.25, 0.3) is 0 Å². The maximum absolute atomic E-state index is 13.6. The highest BCUT2D eigenvalue weighted by Gasteiger charge is 2.68. The fourth-order valence-corrected chi connectivity index (χ4v) is 10.0. The zero-order chi connectivity index (χ0) is 39.6. The molecule has 4 aliphatic rings. The number of fused-ring (bicyclic) bond motifs is 5. The number of benzene rings is 1. The number of phenolic OH excluding ortho intramolecular Hbond substituents is 1. The third-order valence-corrected chi connectivity index (χ3v) is 13.0. The summed E-state index contributed by atoms with van der Waals surface area (Å²) in [5.74, 6) is -3.58. The Morgan fingerprint density at radius 3 is 2.33 bits per heavy atom. The van der Waals surface area contributed by atoms with Crippen LogP contribution in [-0.4, -0.2) is 87.6 Å². The molecule has 9 atom stereocenters. The summed E-state index contributed by atoms with van der Waals surface area (Å²) < 4.78 is 10.4. The molecule has 0 aliphatic heterocycles. The molecule has 0 saturated heterocycles. The van der Waals surface area contributed by atoms with Gasteiger partial charge in [0.15, 0.2) is 12.4 Å². The van der Waals surface area contributed by atoms with Crippen LogP contribution in [0.1, 0.15) is 98.0 Å². The molecule has 0 heterocycles. The predicted octanol–water partition coefficient (Wildman–Crippen LogP) is 3.25. The van der Waals surface area contributed by atoms with Gasteiger partial charge in [0.1, 0.15) is 23.4 Å². The van der Waals surface area contributed by atoms with E-state index >= 15 is 0 Å². The Hall–Kier alpha value is -4.10. The minimum Gasteiger partial charge on any atom is -0.508 e. The Kier molecular flexibility index (Phi) is 12.4. The fourth-order valence-electron chi connectivity index (χ4n) is 10.0. The number of carbonyl (C=O) groups excluding carboxylic acids is 6. The number of rotatable bonds is 14. The van der Waals surface area contributed by atoms with Gasteiger partial charge in [0.25, 0.3) is 0 Å². The van der Waals surface area contributed by atoms with Gasteiger partial charge in [0.05, 0.1) is 19.1 Å². The molecule has 0 spiro atoms. The maximum Gasteiger partial charge on any atom is 0.328 e. The Bertz CT molecular complexity index is 1660. The van der Waals surface area contributed by atoms with Gasteiger partial charge in [0, 0.05) is 24.7 Å². The van der Waals surface area contributed by atoms with Crippen molar-refractivity contribution in [2.24, 2.45) is 34.5 Å². The van der Waals surface area contributed by atoms with Gasteiger partial charge in [-0.15, -0.1) is 0 Å². The Morgan fingerprint density at radius 1 is 0.963 bits per heavy atom. The van der Waals surface area contributed by atoms with Gasteiger partial charge in [-0.3, -0.25) is 24.0 Å². The maximum atomic E-state index is 13.6. The van der Waals surface area contributed by atoms with Crippen LogP contribution in [0, 0.1) is 34.5 Å². The molecule has 0 bridgehead atoms. The number of aromatic hydroxyl groups is 1. The molecule has 5 N–H and O–H groups in total. The van der Waals surface area contributed by atoms with Crippen molar-refractivity contribution in [2.75, 3.05) is 13.2 Å². The lowest BCUT2D eigenvalue weighted by molar-refractivity contribution is -0.184. The van der Waals surface area contributed by atoms with Crippen molar-refractivity contribution >= 4 is 35.3 Å². The highest BCUT2D eigenvalue weighted by Crippen LogP contribution is 2.67. The van der Waals surface area contributed by atoms with Crippen LogP contribution in [0.3, 0.4) is 0 Å². The summed E-state index contributed by atoms with van der Waals surface area (Å²) in [6.45, 7) is 8.49. The van der Waals surface area contributed by atoms with Gasteiger partial charge in [0.2, 0.25) is 17.6 Å². The molecule has 13 heteroatoms. The molecule has 2 amide bonds. The molecule has 0 unspecified atom stereocenters. The highest BCUT2D eigenvalue weighted by molar-refractivity contribution is 5.93. The quantitative estimate of drug-likeness (QED) is 0.175. The average molecular weight is 753 g/mol. The minimum atomic E-state index is -1.80. The van der Waals surface area contributed by atoms with E-state index in [1.54, 1.807) is 39.0 Å². The molecule has 1 aromatic rings. The number of amides is 2. The lowest BCUT2D eigenvalue weighted by Gasteiger charge is -2.60. The zero-order valence-electron chi connectivity index (χ0n) is 32.0. The summed E-state index contributed by atoms with van der Waals surface area (Å²) in [6.07, 6.45) is 4.00. The van der Waals surface area contributed by atoms with Crippen LogP contribution in [0.5, 0.6) is 5.75 Å². The molecular weight excluding hydrogens is 696 g/mol. The molecule has 3 saturated carbocycles. The van der Waals surface area contributed by atoms with Gasteiger partial charge < -0.3 is 35.4 Å². The second kappa shape index (κ2) is 16.3. The first-order chi connectivity index (χ1) is 25.4. The normalized spacial score (nSPS) is 31.2. The molecule has 54 heavy (non-hydrogen) atoms. The smallest absolute Gasteiger partial charge is 0.328 e. The summed E-state index contributed by atoms with van der Waals surface area (Å²) in [5, 5.41) is 38.5. The molecular formula is C41H56N2O11. The van der Waals surface area contributed by atoms with Crippen molar-refractivity contribution in [1.29, 1.82) is 0 Å². The van der Waals surface area contributed by atoms with Crippen molar-refractivity contribution in [3.8, 4) is 5.75 Å². The van der Waals surface area contributed by atoms with Crippen LogP contribution in [0.15, 0.2) is 35.9 Å². The Balaban J connectivity index is 1.14. The van der Waals surface area contributed by atoms with Gasteiger partial charge in [-0.2, -0.15) is 0 Å². The van der Waals surface area contributed by atoms with E-state index in [9.17, 15) is 44.1 Å². The number of carbonyl (C=O) groups is 6. The fraction of sp³-hybridized carbons (Fsp3) is 0.659. The second-order valence-electron chi connectivity index (χ2n) is 16.5. The first-order valence-electron chi connectivity index (χ1n) is 19.3. The largest absolute Gasteiger partial charge is 0.508 e. The van der Waals surface area contributed by atoms with E-state index in [4.69, 9.17) is 9.47 Å². The van der Waals surface area contributed by atoms with Crippen LogP contribution in [0.2, 0.25) is 0 Å². The summed E-state index contributed by atoms with van der Waals surface area (Å²) in [5.41, 5.74) is -1.27.